The summed E-state index contributed by atoms with van der Waals surface area (Å²) in [4.78, 5) is 22.5. The van der Waals surface area contributed by atoms with Gasteiger partial charge in [0.05, 0.1) is 6.42 Å². The van der Waals surface area contributed by atoms with Gasteiger partial charge in [0.15, 0.2) is 0 Å². The van der Waals surface area contributed by atoms with Crippen molar-refractivity contribution < 1.29 is 9.59 Å². The zero-order valence-electron chi connectivity index (χ0n) is 14.3. The molecule has 0 aliphatic heterocycles. The van der Waals surface area contributed by atoms with Crippen molar-refractivity contribution in [3.05, 3.63) is 35.4 Å². The van der Waals surface area contributed by atoms with E-state index in [1.54, 1.807) is 0 Å². The maximum Gasteiger partial charge on any atom is 0.224 e. The highest BCUT2D eigenvalue weighted by Crippen LogP contribution is 2.10. The number of carbonyl (C=O) groups is 2. The molecule has 2 amide bonds. The van der Waals surface area contributed by atoms with E-state index >= 15 is 0 Å². The Morgan fingerprint density at radius 2 is 1.65 bits per heavy atom. The second-order valence-electron chi connectivity index (χ2n) is 6.08. The van der Waals surface area contributed by atoms with E-state index in [2.05, 4.69) is 24.4 Å². The quantitative estimate of drug-likeness (QED) is 0.581. The number of benzene rings is 1. The largest absolute Gasteiger partial charge is 0.370 e. The van der Waals surface area contributed by atoms with Crippen molar-refractivity contribution in [1.82, 2.24) is 5.32 Å². The number of amides is 2. The highest BCUT2D eigenvalue weighted by molar-refractivity contribution is 5.78. The van der Waals surface area contributed by atoms with Crippen LogP contribution < -0.4 is 11.1 Å². The zero-order valence-corrected chi connectivity index (χ0v) is 14.3. The van der Waals surface area contributed by atoms with Crippen LogP contribution in [0.2, 0.25) is 0 Å². The Balaban J connectivity index is 2.22. The topological polar surface area (TPSA) is 72.2 Å². The van der Waals surface area contributed by atoms with Gasteiger partial charge in [-0.2, -0.15) is 0 Å². The average molecular weight is 318 g/mol. The Morgan fingerprint density at radius 1 is 0.957 bits per heavy atom. The summed E-state index contributed by atoms with van der Waals surface area (Å²) < 4.78 is 0. The first kappa shape index (κ1) is 19.2. The van der Waals surface area contributed by atoms with Gasteiger partial charge in [-0.3, -0.25) is 9.59 Å². The summed E-state index contributed by atoms with van der Waals surface area (Å²) in [7, 11) is 0. The van der Waals surface area contributed by atoms with Gasteiger partial charge in [0.1, 0.15) is 0 Å². The van der Waals surface area contributed by atoms with Crippen LogP contribution in [0.4, 0.5) is 0 Å². The zero-order chi connectivity index (χ0) is 16.9. The number of nitrogens with two attached hydrogens (primary N) is 1. The minimum Gasteiger partial charge on any atom is -0.370 e. The SMILES string of the molecule is CCCCCNC(=O)Cc1ccc(CCCCCC(N)=O)cc1. The monoisotopic (exact) mass is 318 g/mol. The molecule has 0 aromatic heterocycles. The molecule has 0 saturated carbocycles. The Morgan fingerprint density at radius 3 is 2.30 bits per heavy atom. The molecule has 1 aromatic rings. The predicted octanol–water partition coefficient (Wildman–Crippen LogP) is 3.12. The van der Waals surface area contributed by atoms with Gasteiger partial charge in [-0.05, 0) is 36.8 Å². The Bertz CT molecular complexity index is 469. The maximum absolute atomic E-state index is 11.8. The molecule has 1 rings (SSSR count). The van der Waals surface area contributed by atoms with E-state index in [-0.39, 0.29) is 11.8 Å². The number of hydrogen-bond donors (Lipinski definition) is 2. The van der Waals surface area contributed by atoms with E-state index in [4.69, 9.17) is 5.73 Å². The van der Waals surface area contributed by atoms with Crippen LogP contribution in [0.25, 0.3) is 0 Å². The minimum atomic E-state index is -0.220. The van der Waals surface area contributed by atoms with Crippen LogP contribution >= 0.6 is 0 Å². The maximum atomic E-state index is 11.8. The molecule has 0 fully saturated rings. The van der Waals surface area contributed by atoms with Crippen molar-refractivity contribution in [3.8, 4) is 0 Å². The molecule has 0 aliphatic rings. The van der Waals surface area contributed by atoms with Crippen LogP contribution in [-0.4, -0.2) is 18.4 Å². The minimum absolute atomic E-state index is 0.0975. The highest BCUT2D eigenvalue weighted by atomic mass is 16.1. The van der Waals surface area contributed by atoms with Gasteiger partial charge in [-0.15, -0.1) is 0 Å². The van der Waals surface area contributed by atoms with Gasteiger partial charge in [-0.25, -0.2) is 0 Å². The van der Waals surface area contributed by atoms with Crippen molar-refractivity contribution in [1.29, 1.82) is 0 Å². The van der Waals surface area contributed by atoms with E-state index < -0.39 is 0 Å². The van der Waals surface area contributed by atoms with Crippen molar-refractivity contribution in [2.45, 2.75) is 64.7 Å². The molecule has 4 heteroatoms. The van der Waals surface area contributed by atoms with Crippen molar-refractivity contribution >= 4 is 11.8 Å². The van der Waals surface area contributed by atoms with Crippen LogP contribution in [0.1, 0.15) is 63.0 Å². The second kappa shape index (κ2) is 11.7. The van der Waals surface area contributed by atoms with Gasteiger partial charge < -0.3 is 11.1 Å². The second-order valence-corrected chi connectivity index (χ2v) is 6.08. The molecule has 0 bridgehead atoms. The Hall–Kier alpha value is -1.84. The molecule has 0 heterocycles. The third-order valence-corrected chi connectivity index (χ3v) is 3.88. The van der Waals surface area contributed by atoms with Crippen molar-refractivity contribution in [3.63, 3.8) is 0 Å². The normalized spacial score (nSPS) is 10.5. The lowest BCUT2D eigenvalue weighted by Crippen LogP contribution is -2.26. The lowest BCUT2D eigenvalue weighted by atomic mass is 10.0. The molecule has 0 spiro atoms. The molecule has 0 aliphatic carbocycles. The standard InChI is InChI=1S/C19H30N2O2/c1-2-3-7-14-21-19(23)15-17-12-10-16(11-13-17)8-5-4-6-9-18(20)22/h10-13H,2-9,14-15H2,1H3,(H2,20,22)(H,21,23). The number of aryl methyl sites for hydroxylation is 1. The third kappa shape index (κ3) is 9.72. The van der Waals surface area contributed by atoms with Crippen molar-refractivity contribution in [2.24, 2.45) is 5.73 Å². The molecule has 4 nitrogen and oxygen atoms in total. The fourth-order valence-electron chi connectivity index (χ4n) is 2.48. The van der Waals surface area contributed by atoms with Crippen LogP contribution in [0, 0.1) is 0 Å². The van der Waals surface area contributed by atoms with Gasteiger partial charge in [-0.1, -0.05) is 50.5 Å². The summed E-state index contributed by atoms with van der Waals surface area (Å²) >= 11 is 0. The molecule has 23 heavy (non-hydrogen) atoms. The number of carbonyl (C=O) groups excluding carboxylic acids is 2. The fourth-order valence-corrected chi connectivity index (χ4v) is 2.48. The molecule has 3 N–H and O–H groups in total. The predicted molar refractivity (Wildman–Crippen MR) is 94.0 cm³/mol. The molecule has 0 saturated heterocycles. The van der Waals surface area contributed by atoms with Gasteiger partial charge in [0.2, 0.25) is 11.8 Å². The third-order valence-electron chi connectivity index (χ3n) is 3.88. The van der Waals surface area contributed by atoms with Gasteiger partial charge in [0.25, 0.3) is 0 Å². The first-order valence-corrected chi connectivity index (χ1v) is 8.74. The number of primary amides is 1. The summed E-state index contributed by atoms with van der Waals surface area (Å²) in [6.45, 7) is 2.93. The van der Waals surface area contributed by atoms with E-state index in [9.17, 15) is 9.59 Å². The van der Waals surface area contributed by atoms with E-state index in [0.717, 1.165) is 50.6 Å². The number of hydrogen-bond acceptors (Lipinski definition) is 2. The lowest BCUT2D eigenvalue weighted by Gasteiger charge is -2.06. The molecule has 1 aromatic carbocycles. The highest BCUT2D eigenvalue weighted by Gasteiger charge is 2.03. The van der Waals surface area contributed by atoms with Gasteiger partial charge in [0, 0.05) is 13.0 Å². The number of nitrogens with one attached hydrogen (secondary N) is 1. The fraction of sp³-hybridized carbons (Fsp3) is 0.579. The average Bonchev–Trinajstić information content (AvgIpc) is 2.52. The van der Waals surface area contributed by atoms with Crippen LogP contribution in [0.5, 0.6) is 0 Å². The van der Waals surface area contributed by atoms with Gasteiger partial charge >= 0.3 is 0 Å². The molecular weight excluding hydrogens is 288 g/mol. The molecule has 0 radical (unpaired) electrons. The van der Waals surface area contributed by atoms with E-state index in [1.807, 2.05) is 12.1 Å². The molecule has 0 unspecified atom stereocenters. The van der Waals surface area contributed by atoms with Crippen LogP contribution in [0.3, 0.4) is 0 Å². The summed E-state index contributed by atoms with van der Waals surface area (Å²) in [6.07, 6.45) is 8.26. The van der Waals surface area contributed by atoms with Crippen LogP contribution in [-0.2, 0) is 22.4 Å². The van der Waals surface area contributed by atoms with Crippen molar-refractivity contribution in [2.75, 3.05) is 6.54 Å². The number of rotatable bonds is 12. The van der Waals surface area contributed by atoms with Crippen LogP contribution in [0.15, 0.2) is 24.3 Å². The first-order chi connectivity index (χ1) is 11.1. The Kier molecular flexibility index (Phi) is 9.76. The van der Waals surface area contributed by atoms with E-state index in [1.165, 1.54) is 12.0 Å². The summed E-state index contributed by atoms with van der Waals surface area (Å²) in [5.74, 6) is -0.123. The number of unbranched alkanes of at least 4 members (excludes halogenated alkanes) is 4. The summed E-state index contributed by atoms with van der Waals surface area (Å²) in [5, 5.41) is 2.96. The molecular formula is C19H30N2O2. The smallest absolute Gasteiger partial charge is 0.224 e. The molecule has 128 valence electrons. The molecule has 0 atom stereocenters. The van der Waals surface area contributed by atoms with E-state index in [0.29, 0.717) is 12.8 Å². The first-order valence-electron chi connectivity index (χ1n) is 8.74. The summed E-state index contributed by atoms with van der Waals surface area (Å²) in [6, 6.07) is 8.25. The summed E-state index contributed by atoms with van der Waals surface area (Å²) in [5.41, 5.74) is 7.44. The Labute approximate surface area is 139 Å². The lowest BCUT2D eigenvalue weighted by molar-refractivity contribution is -0.120.